The minimum atomic E-state index is -3.54. The van der Waals surface area contributed by atoms with E-state index in [1.54, 1.807) is 7.05 Å². The molecule has 7 heteroatoms. The van der Waals surface area contributed by atoms with Crippen molar-refractivity contribution in [2.24, 2.45) is 7.05 Å². The highest BCUT2D eigenvalue weighted by Gasteiger charge is 2.21. The molecule has 0 fully saturated rings. The van der Waals surface area contributed by atoms with Crippen LogP contribution in [0.15, 0.2) is 11.4 Å². The molecular weight excluding hydrogens is 240 g/mol. The van der Waals surface area contributed by atoms with Crippen LogP contribution in [-0.2, 0) is 17.1 Å². The molecule has 0 saturated carbocycles. The lowest BCUT2D eigenvalue weighted by atomic mass is 10.2. The van der Waals surface area contributed by atoms with E-state index in [0.29, 0.717) is 6.54 Å². The Bertz CT molecular complexity index is 433. The number of imidazole rings is 1. The first-order chi connectivity index (χ1) is 7.99. The van der Waals surface area contributed by atoms with Crippen molar-refractivity contribution in [3.8, 4) is 0 Å². The zero-order chi connectivity index (χ0) is 12.9. The largest absolute Gasteiger partial charge is 0.381 e. The van der Waals surface area contributed by atoms with Gasteiger partial charge >= 0.3 is 0 Å². The van der Waals surface area contributed by atoms with Gasteiger partial charge in [0.05, 0.1) is 6.33 Å². The summed E-state index contributed by atoms with van der Waals surface area (Å²) in [6, 6.07) is 0. The standard InChI is InChI=1S/C10H20N4O2S/c1-3-4-5-6-7-13-17(15,16)10-9(11)12-8-14(10)2/h8,13H,3-7,11H2,1-2H3. The van der Waals surface area contributed by atoms with E-state index in [1.165, 1.54) is 10.9 Å². The highest BCUT2D eigenvalue weighted by molar-refractivity contribution is 7.89. The number of hydrogen-bond acceptors (Lipinski definition) is 4. The maximum Gasteiger partial charge on any atom is 0.260 e. The molecule has 1 heterocycles. The summed E-state index contributed by atoms with van der Waals surface area (Å²) >= 11 is 0. The molecule has 0 spiro atoms. The first-order valence-corrected chi connectivity index (χ1v) is 7.23. The number of sulfonamides is 1. The molecule has 17 heavy (non-hydrogen) atoms. The molecule has 1 aromatic rings. The Kier molecular flexibility index (Phi) is 4.95. The van der Waals surface area contributed by atoms with Gasteiger partial charge in [-0.3, -0.25) is 0 Å². The van der Waals surface area contributed by atoms with Crippen LogP contribution in [0.5, 0.6) is 0 Å². The molecule has 3 N–H and O–H groups in total. The lowest BCUT2D eigenvalue weighted by Crippen LogP contribution is -2.27. The normalized spacial score (nSPS) is 11.9. The number of nitrogens with zero attached hydrogens (tertiary/aromatic N) is 2. The van der Waals surface area contributed by atoms with Gasteiger partial charge in [0.2, 0.25) is 0 Å². The molecule has 0 radical (unpaired) electrons. The Morgan fingerprint density at radius 3 is 2.65 bits per heavy atom. The number of hydrogen-bond donors (Lipinski definition) is 2. The number of anilines is 1. The van der Waals surface area contributed by atoms with Gasteiger partial charge in [-0.2, -0.15) is 0 Å². The van der Waals surface area contributed by atoms with Crippen molar-refractivity contribution in [1.82, 2.24) is 14.3 Å². The molecule has 0 aliphatic carbocycles. The van der Waals surface area contributed by atoms with Crippen molar-refractivity contribution in [1.29, 1.82) is 0 Å². The third-order valence-corrected chi connectivity index (χ3v) is 4.08. The van der Waals surface area contributed by atoms with Gasteiger partial charge in [-0.25, -0.2) is 18.1 Å². The lowest BCUT2D eigenvalue weighted by molar-refractivity contribution is 0.565. The number of aryl methyl sites for hydroxylation is 1. The fourth-order valence-electron chi connectivity index (χ4n) is 1.59. The predicted molar refractivity (Wildman–Crippen MR) is 67.0 cm³/mol. The number of rotatable bonds is 7. The SMILES string of the molecule is CCCCCCNS(=O)(=O)c1c(N)ncn1C. The fraction of sp³-hybridized carbons (Fsp3) is 0.700. The van der Waals surface area contributed by atoms with Crippen LogP contribution in [0.25, 0.3) is 0 Å². The smallest absolute Gasteiger partial charge is 0.260 e. The highest BCUT2D eigenvalue weighted by atomic mass is 32.2. The Morgan fingerprint density at radius 1 is 1.41 bits per heavy atom. The van der Waals surface area contributed by atoms with Crippen LogP contribution in [0.3, 0.4) is 0 Å². The Balaban J connectivity index is 2.58. The van der Waals surface area contributed by atoms with E-state index in [-0.39, 0.29) is 10.8 Å². The Hall–Kier alpha value is -1.08. The third-order valence-electron chi connectivity index (χ3n) is 2.49. The van der Waals surface area contributed by atoms with Crippen LogP contribution < -0.4 is 10.5 Å². The molecule has 0 aliphatic heterocycles. The van der Waals surface area contributed by atoms with Crippen LogP contribution in [0.2, 0.25) is 0 Å². The van der Waals surface area contributed by atoms with E-state index in [2.05, 4.69) is 16.6 Å². The van der Waals surface area contributed by atoms with E-state index in [9.17, 15) is 8.42 Å². The Morgan fingerprint density at radius 2 is 2.12 bits per heavy atom. The molecule has 0 aliphatic rings. The lowest BCUT2D eigenvalue weighted by Gasteiger charge is -2.07. The second-order valence-electron chi connectivity index (χ2n) is 4.00. The van der Waals surface area contributed by atoms with E-state index >= 15 is 0 Å². The summed E-state index contributed by atoms with van der Waals surface area (Å²) in [4.78, 5) is 3.76. The minimum Gasteiger partial charge on any atom is -0.381 e. The summed E-state index contributed by atoms with van der Waals surface area (Å²) in [6.07, 6.45) is 5.50. The van der Waals surface area contributed by atoms with Crippen LogP contribution in [0.4, 0.5) is 5.82 Å². The molecule has 6 nitrogen and oxygen atoms in total. The molecule has 98 valence electrons. The number of nitrogens with two attached hydrogens (primary N) is 1. The van der Waals surface area contributed by atoms with Gasteiger partial charge in [0, 0.05) is 13.6 Å². The molecule has 1 rings (SSSR count). The number of unbranched alkanes of at least 4 members (excludes halogenated alkanes) is 3. The van der Waals surface area contributed by atoms with Crippen molar-refractivity contribution in [3.63, 3.8) is 0 Å². The molecule has 0 saturated heterocycles. The number of nitrogen functional groups attached to an aromatic ring is 1. The molecule has 0 bridgehead atoms. The van der Waals surface area contributed by atoms with Crippen molar-refractivity contribution in [3.05, 3.63) is 6.33 Å². The van der Waals surface area contributed by atoms with E-state index in [4.69, 9.17) is 5.73 Å². The number of nitrogens with one attached hydrogen (secondary N) is 1. The van der Waals surface area contributed by atoms with Gasteiger partial charge in [-0.05, 0) is 6.42 Å². The van der Waals surface area contributed by atoms with Gasteiger partial charge in [0.1, 0.15) is 0 Å². The molecule has 1 aromatic heterocycles. The van der Waals surface area contributed by atoms with Crippen molar-refractivity contribution in [2.75, 3.05) is 12.3 Å². The quantitative estimate of drug-likeness (QED) is 0.711. The topological polar surface area (TPSA) is 90.0 Å². The van der Waals surface area contributed by atoms with Crippen LogP contribution in [0.1, 0.15) is 32.6 Å². The first-order valence-electron chi connectivity index (χ1n) is 5.75. The second-order valence-corrected chi connectivity index (χ2v) is 5.69. The summed E-state index contributed by atoms with van der Waals surface area (Å²) in [6.45, 7) is 2.55. The van der Waals surface area contributed by atoms with Gasteiger partial charge in [0.15, 0.2) is 10.8 Å². The van der Waals surface area contributed by atoms with Gasteiger partial charge in [-0.1, -0.05) is 26.2 Å². The maximum atomic E-state index is 11.9. The van der Waals surface area contributed by atoms with Crippen molar-refractivity contribution >= 4 is 15.8 Å². The fourth-order valence-corrected chi connectivity index (χ4v) is 2.90. The van der Waals surface area contributed by atoms with Gasteiger partial charge in [-0.15, -0.1) is 0 Å². The summed E-state index contributed by atoms with van der Waals surface area (Å²) in [5.74, 6) is 0.0357. The average Bonchev–Trinajstić information content (AvgIpc) is 2.58. The van der Waals surface area contributed by atoms with E-state index in [0.717, 1.165) is 25.7 Å². The first kappa shape index (κ1) is 14.0. The molecule has 0 unspecified atom stereocenters. The van der Waals surface area contributed by atoms with Crippen LogP contribution in [-0.4, -0.2) is 24.5 Å². The molecular formula is C10H20N4O2S. The van der Waals surface area contributed by atoms with E-state index in [1.807, 2.05) is 0 Å². The van der Waals surface area contributed by atoms with Gasteiger partial charge < -0.3 is 10.3 Å². The second kappa shape index (κ2) is 6.02. The zero-order valence-electron chi connectivity index (χ0n) is 10.3. The zero-order valence-corrected chi connectivity index (χ0v) is 11.1. The molecule has 0 atom stereocenters. The predicted octanol–water partition coefficient (Wildman–Crippen LogP) is 0.861. The van der Waals surface area contributed by atoms with Crippen molar-refractivity contribution < 1.29 is 8.42 Å². The maximum absolute atomic E-state index is 11.9. The average molecular weight is 260 g/mol. The number of aromatic nitrogens is 2. The highest BCUT2D eigenvalue weighted by Crippen LogP contribution is 2.14. The monoisotopic (exact) mass is 260 g/mol. The minimum absolute atomic E-state index is 0.0352. The summed E-state index contributed by atoms with van der Waals surface area (Å²) in [5.41, 5.74) is 5.53. The van der Waals surface area contributed by atoms with Crippen LogP contribution in [0, 0.1) is 0 Å². The molecule has 0 aromatic carbocycles. The molecule has 0 amide bonds. The summed E-state index contributed by atoms with van der Waals surface area (Å²) in [5, 5.41) is 0.0352. The van der Waals surface area contributed by atoms with Gasteiger partial charge in [0.25, 0.3) is 10.0 Å². The summed E-state index contributed by atoms with van der Waals surface area (Å²) in [7, 11) is -1.93. The van der Waals surface area contributed by atoms with Crippen molar-refractivity contribution in [2.45, 2.75) is 37.6 Å². The van der Waals surface area contributed by atoms with Crippen LogP contribution >= 0.6 is 0 Å². The Labute approximate surface area is 102 Å². The third kappa shape index (κ3) is 3.71. The van der Waals surface area contributed by atoms with E-state index < -0.39 is 10.0 Å². The summed E-state index contributed by atoms with van der Waals surface area (Å²) < 4.78 is 27.8.